The molecule has 0 saturated carbocycles. The molecule has 0 aliphatic heterocycles. The molecule has 0 bridgehead atoms. The van der Waals surface area contributed by atoms with E-state index in [1.807, 2.05) is 6.07 Å². The van der Waals surface area contributed by atoms with Crippen molar-refractivity contribution in [1.82, 2.24) is 9.97 Å². The van der Waals surface area contributed by atoms with Gasteiger partial charge in [-0.25, -0.2) is 9.97 Å². The SMILES string of the molecule is c1ccc(-c2ccc3ccc4ccc(-c5ccc(-c6ccc7c(c6)C6(c8ccccc8-c8ccccc86)c6ccccc6-7)cc5)nc4c3n2)cc1. The molecule has 2 aliphatic carbocycles. The van der Waals surface area contributed by atoms with Crippen molar-refractivity contribution in [2.24, 2.45) is 0 Å². The molecule has 0 saturated heterocycles. The molecule has 7 aromatic carbocycles. The molecule has 1 spiro atoms. The van der Waals surface area contributed by atoms with E-state index in [0.717, 1.165) is 44.3 Å². The predicted octanol–water partition coefficient (Wildman–Crippen LogP) is 12.1. The first-order valence-electron chi connectivity index (χ1n) is 17.6. The van der Waals surface area contributed by atoms with Gasteiger partial charge in [0.25, 0.3) is 0 Å². The monoisotopic (exact) mass is 646 g/mol. The summed E-state index contributed by atoms with van der Waals surface area (Å²) in [6, 6.07) is 66.0. The van der Waals surface area contributed by atoms with E-state index >= 15 is 0 Å². The molecule has 2 heteroatoms. The van der Waals surface area contributed by atoms with Gasteiger partial charge in [0, 0.05) is 21.9 Å². The van der Waals surface area contributed by atoms with Crippen LogP contribution >= 0.6 is 0 Å². The van der Waals surface area contributed by atoms with Crippen molar-refractivity contribution in [3.63, 3.8) is 0 Å². The molecule has 236 valence electrons. The molecule has 2 heterocycles. The van der Waals surface area contributed by atoms with Gasteiger partial charge in [-0.2, -0.15) is 0 Å². The molecular formula is C49H30N2. The first kappa shape index (κ1) is 28.2. The van der Waals surface area contributed by atoms with Gasteiger partial charge < -0.3 is 0 Å². The van der Waals surface area contributed by atoms with Crippen LogP contribution in [-0.2, 0) is 5.41 Å². The molecule has 0 atom stereocenters. The topological polar surface area (TPSA) is 25.8 Å². The van der Waals surface area contributed by atoms with Crippen LogP contribution in [-0.4, -0.2) is 9.97 Å². The third-order valence-corrected chi connectivity index (χ3v) is 11.1. The van der Waals surface area contributed by atoms with E-state index in [1.165, 1.54) is 55.6 Å². The Morgan fingerprint density at radius 2 is 0.706 bits per heavy atom. The Labute approximate surface area is 296 Å². The minimum Gasteiger partial charge on any atom is -0.245 e. The van der Waals surface area contributed by atoms with Crippen molar-refractivity contribution < 1.29 is 0 Å². The maximum absolute atomic E-state index is 5.21. The Bertz CT molecular complexity index is 2790. The maximum atomic E-state index is 5.21. The van der Waals surface area contributed by atoms with Crippen molar-refractivity contribution in [2.75, 3.05) is 0 Å². The molecule has 0 amide bonds. The molecule has 9 aromatic rings. The number of aromatic nitrogens is 2. The summed E-state index contributed by atoms with van der Waals surface area (Å²) in [7, 11) is 0. The number of hydrogen-bond donors (Lipinski definition) is 0. The first-order valence-corrected chi connectivity index (χ1v) is 17.6. The lowest BCUT2D eigenvalue weighted by molar-refractivity contribution is 0.794. The minimum atomic E-state index is -0.346. The summed E-state index contributed by atoms with van der Waals surface area (Å²) in [5.41, 5.74) is 18.7. The predicted molar refractivity (Wildman–Crippen MR) is 210 cm³/mol. The number of hydrogen-bond acceptors (Lipinski definition) is 2. The van der Waals surface area contributed by atoms with Gasteiger partial charge in [-0.1, -0.05) is 164 Å². The van der Waals surface area contributed by atoms with Gasteiger partial charge in [0.15, 0.2) is 0 Å². The van der Waals surface area contributed by atoms with E-state index in [0.29, 0.717) is 0 Å². The largest absolute Gasteiger partial charge is 0.245 e. The van der Waals surface area contributed by atoms with Gasteiger partial charge in [0.2, 0.25) is 0 Å². The van der Waals surface area contributed by atoms with Gasteiger partial charge >= 0.3 is 0 Å². The summed E-state index contributed by atoms with van der Waals surface area (Å²) in [5.74, 6) is 0. The molecule has 51 heavy (non-hydrogen) atoms. The Kier molecular flexibility index (Phi) is 5.91. The third kappa shape index (κ3) is 3.99. The Morgan fingerprint density at radius 1 is 0.294 bits per heavy atom. The second-order valence-corrected chi connectivity index (χ2v) is 13.7. The quantitative estimate of drug-likeness (QED) is 0.179. The summed E-state index contributed by atoms with van der Waals surface area (Å²) in [4.78, 5) is 10.3. The summed E-state index contributed by atoms with van der Waals surface area (Å²) < 4.78 is 0. The van der Waals surface area contributed by atoms with Crippen LogP contribution in [0.1, 0.15) is 22.3 Å². The summed E-state index contributed by atoms with van der Waals surface area (Å²) in [6.07, 6.45) is 0. The van der Waals surface area contributed by atoms with Crippen LogP contribution in [0.5, 0.6) is 0 Å². The number of fused-ring (bicyclic) bond motifs is 13. The lowest BCUT2D eigenvalue weighted by atomic mass is 9.70. The molecule has 0 unspecified atom stereocenters. The summed E-state index contributed by atoms with van der Waals surface area (Å²) >= 11 is 0. The van der Waals surface area contributed by atoms with Crippen molar-refractivity contribution in [3.8, 4) is 55.9 Å². The van der Waals surface area contributed by atoms with E-state index < -0.39 is 0 Å². The highest BCUT2D eigenvalue weighted by Crippen LogP contribution is 2.63. The van der Waals surface area contributed by atoms with Gasteiger partial charge in [-0.15, -0.1) is 0 Å². The summed E-state index contributed by atoms with van der Waals surface area (Å²) in [6.45, 7) is 0. The molecule has 0 fully saturated rings. The fourth-order valence-electron chi connectivity index (χ4n) is 8.81. The second-order valence-electron chi connectivity index (χ2n) is 13.7. The lowest BCUT2D eigenvalue weighted by Gasteiger charge is -2.30. The van der Waals surface area contributed by atoms with Crippen LogP contribution < -0.4 is 0 Å². The maximum Gasteiger partial charge on any atom is 0.0972 e. The van der Waals surface area contributed by atoms with E-state index in [-0.39, 0.29) is 5.41 Å². The van der Waals surface area contributed by atoms with Crippen molar-refractivity contribution in [2.45, 2.75) is 5.41 Å². The van der Waals surface area contributed by atoms with Gasteiger partial charge in [0.05, 0.1) is 27.8 Å². The number of pyridine rings is 2. The molecule has 2 aliphatic rings. The smallest absolute Gasteiger partial charge is 0.0972 e. The van der Waals surface area contributed by atoms with Crippen molar-refractivity contribution >= 4 is 21.8 Å². The van der Waals surface area contributed by atoms with Crippen molar-refractivity contribution in [1.29, 1.82) is 0 Å². The summed E-state index contributed by atoms with van der Waals surface area (Å²) in [5, 5.41) is 2.18. The number of benzene rings is 7. The van der Waals surface area contributed by atoms with E-state index in [4.69, 9.17) is 9.97 Å². The fourth-order valence-corrected chi connectivity index (χ4v) is 8.81. The number of rotatable bonds is 3. The van der Waals surface area contributed by atoms with E-state index in [1.54, 1.807) is 0 Å². The van der Waals surface area contributed by atoms with Crippen LogP contribution in [0.3, 0.4) is 0 Å². The average Bonchev–Trinajstić information content (AvgIpc) is 3.68. The van der Waals surface area contributed by atoms with Crippen LogP contribution in [0.4, 0.5) is 0 Å². The zero-order chi connectivity index (χ0) is 33.5. The lowest BCUT2D eigenvalue weighted by Crippen LogP contribution is -2.25. The second kappa shape index (κ2) is 10.7. The molecule has 2 aromatic heterocycles. The molecule has 11 rings (SSSR count). The van der Waals surface area contributed by atoms with Gasteiger partial charge in [0.1, 0.15) is 0 Å². The molecular weight excluding hydrogens is 617 g/mol. The van der Waals surface area contributed by atoms with E-state index in [9.17, 15) is 0 Å². The van der Waals surface area contributed by atoms with Gasteiger partial charge in [-0.05, 0) is 73.8 Å². The van der Waals surface area contributed by atoms with Crippen LogP contribution in [0.25, 0.3) is 77.7 Å². The molecule has 0 radical (unpaired) electrons. The highest BCUT2D eigenvalue weighted by molar-refractivity contribution is 6.04. The standard InChI is InChI=1S/C49H30N2/c1-2-10-32(11-3-1)45-28-25-34-22-23-35-26-29-46(51-48(35)47(34)50-45)33-20-18-31(19-21-33)36-24-27-40-39-14-6-9-17-43(39)49(44(40)30-36)41-15-7-4-12-37(41)38-13-5-8-16-42(38)49/h1-30H. The number of nitrogens with zero attached hydrogens (tertiary/aromatic N) is 2. The highest BCUT2D eigenvalue weighted by Gasteiger charge is 2.51. The van der Waals surface area contributed by atoms with Crippen LogP contribution in [0.2, 0.25) is 0 Å². The zero-order valence-corrected chi connectivity index (χ0v) is 27.7. The third-order valence-electron chi connectivity index (χ3n) is 11.1. The fraction of sp³-hybridized carbons (Fsp3) is 0.0204. The zero-order valence-electron chi connectivity index (χ0n) is 27.7. The van der Waals surface area contributed by atoms with Crippen LogP contribution in [0, 0.1) is 0 Å². The first-order chi connectivity index (χ1) is 25.3. The molecule has 2 nitrogen and oxygen atoms in total. The Balaban J connectivity index is 1.02. The van der Waals surface area contributed by atoms with E-state index in [2.05, 4.69) is 176 Å². The minimum absolute atomic E-state index is 0.346. The van der Waals surface area contributed by atoms with Crippen molar-refractivity contribution in [3.05, 3.63) is 204 Å². The van der Waals surface area contributed by atoms with Crippen LogP contribution in [0.15, 0.2) is 182 Å². The Hall–Kier alpha value is -6.64. The molecule has 0 N–H and O–H groups in total. The average molecular weight is 647 g/mol. The van der Waals surface area contributed by atoms with Gasteiger partial charge in [-0.3, -0.25) is 0 Å². The Morgan fingerprint density at radius 3 is 1.25 bits per heavy atom. The highest BCUT2D eigenvalue weighted by atomic mass is 14.8. The normalized spacial score (nSPS) is 13.3.